The quantitative estimate of drug-likeness (QED) is 0.435. The zero-order valence-electron chi connectivity index (χ0n) is 13.2. The molecule has 0 spiro atoms. The number of hydrogen-bond donors (Lipinski definition) is 0. The van der Waals surface area contributed by atoms with Gasteiger partial charge >= 0.3 is 137 Å². The number of hydrogen-bond acceptors (Lipinski definition) is 0. The molecule has 0 fully saturated rings. The average molecular weight is 386 g/mol. The molecule has 0 aliphatic carbocycles. The van der Waals surface area contributed by atoms with E-state index in [9.17, 15) is 0 Å². The summed E-state index contributed by atoms with van der Waals surface area (Å²) in [6.07, 6.45) is 8.43. The van der Waals surface area contributed by atoms with Crippen molar-refractivity contribution in [2.24, 2.45) is 0 Å². The van der Waals surface area contributed by atoms with Crippen LogP contribution in [0.5, 0.6) is 0 Å². The summed E-state index contributed by atoms with van der Waals surface area (Å²) in [4.78, 5) is 0. The molecule has 0 aliphatic rings. The van der Waals surface area contributed by atoms with E-state index in [1.165, 1.54) is 43.0 Å². The Kier molecular flexibility index (Phi) is 7.94. The van der Waals surface area contributed by atoms with Gasteiger partial charge in [-0.05, 0) is 0 Å². The SMILES string of the molecule is CCCCCCC[CH2][Sn]([c]1ccccc1)[c]1ccccc1. The summed E-state index contributed by atoms with van der Waals surface area (Å²) in [6, 6.07) is 22.6. The Morgan fingerprint density at radius 2 is 1.10 bits per heavy atom. The van der Waals surface area contributed by atoms with E-state index < -0.39 is 19.8 Å². The summed E-state index contributed by atoms with van der Waals surface area (Å²) >= 11 is -1.66. The van der Waals surface area contributed by atoms with Crippen molar-refractivity contribution in [3.05, 3.63) is 60.7 Å². The van der Waals surface area contributed by atoms with Gasteiger partial charge in [-0.15, -0.1) is 0 Å². The first-order valence-electron chi connectivity index (χ1n) is 8.38. The van der Waals surface area contributed by atoms with Gasteiger partial charge in [0.05, 0.1) is 0 Å². The fourth-order valence-electron chi connectivity index (χ4n) is 2.82. The molecule has 0 N–H and O–H groups in total. The van der Waals surface area contributed by atoms with Crippen LogP contribution < -0.4 is 7.16 Å². The summed E-state index contributed by atoms with van der Waals surface area (Å²) in [7, 11) is 0. The second kappa shape index (κ2) is 10.0. The van der Waals surface area contributed by atoms with Gasteiger partial charge in [-0.1, -0.05) is 0 Å². The standard InChI is InChI=1S/C8H17.2C6H5.Sn/c1-3-5-7-8-6-4-2;2*1-2-4-6-5-3-1;/h1,3-8H2,2H3;2*1-5H;. The van der Waals surface area contributed by atoms with Crippen LogP contribution in [0.25, 0.3) is 0 Å². The second-order valence-corrected chi connectivity index (χ2v) is 13.2. The summed E-state index contributed by atoms with van der Waals surface area (Å²) in [5, 5.41) is 0. The Bertz CT molecular complexity index is 438. The Balaban J connectivity index is 1.94. The Morgan fingerprint density at radius 1 is 0.619 bits per heavy atom. The van der Waals surface area contributed by atoms with Gasteiger partial charge < -0.3 is 0 Å². The molecule has 0 bridgehead atoms. The zero-order chi connectivity index (χ0) is 14.8. The Labute approximate surface area is 137 Å². The molecule has 0 heterocycles. The third-order valence-corrected chi connectivity index (χ3v) is 12.3. The molecule has 0 saturated carbocycles. The monoisotopic (exact) mass is 387 g/mol. The summed E-state index contributed by atoms with van der Waals surface area (Å²) in [5.41, 5.74) is 0. The second-order valence-electron chi connectivity index (χ2n) is 5.73. The van der Waals surface area contributed by atoms with Crippen molar-refractivity contribution in [2.75, 3.05) is 0 Å². The molecule has 1 radical (unpaired) electrons. The molecular weight excluding hydrogens is 359 g/mol. The van der Waals surface area contributed by atoms with Crippen LogP contribution >= 0.6 is 0 Å². The van der Waals surface area contributed by atoms with E-state index in [1.54, 1.807) is 7.16 Å². The van der Waals surface area contributed by atoms with Crippen LogP contribution in [0.15, 0.2) is 60.7 Å². The van der Waals surface area contributed by atoms with E-state index in [4.69, 9.17) is 0 Å². The van der Waals surface area contributed by atoms with Gasteiger partial charge in [-0.2, -0.15) is 0 Å². The maximum atomic E-state index is 2.36. The van der Waals surface area contributed by atoms with Gasteiger partial charge in [0.25, 0.3) is 0 Å². The number of rotatable bonds is 9. The summed E-state index contributed by atoms with van der Waals surface area (Å²) in [6.45, 7) is 2.29. The first-order valence-corrected chi connectivity index (χ1v) is 13.3. The zero-order valence-corrected chi connectivity index (χ0v) is 16.1. The Morgan fingerprint density at radius 3 is 1.62 bits per heavy atom. The molecule has 2 rings (SSSR count). The van der Waals surface area contributed by atoms with Crippen molar-refractivity contribution in [3.63, 3.8) is 0 Å². The van der Waals surface area contributed by atoms with Crippen molar-refractivity contribution in [2.45, 2.75) is 49.9 Å². The molecule has 2 aromatic carbocycles. The normalized spacial score (nSPS) is 11.0. The predicted octanol–water partition coefficient (Wildman–Crippen LogP) is 4.66. The molecule has 0 unspecified atom stereocenters. The van der Waals surface area contributed by atoms with Crippen molar-refractivity contribution in [3.8, 4) is 0 Å². The average Bonchev–Trinajstić information content (AvgIpc) is 2.56. The van der Waals surface area contributed by atoms with Crippen molar-refractivity contribution < 1.29 is 0 Å². The van der Waals surface area contributed by atoms with E-state index >= 15 is 0 Å². The van der Waals surface area contributed by atoms with E-state index in [0.29, 0.717) is 0 Å². The molecule has 0 nitrogen and oxygen atoms in total. The van der Waals surface area contributed by atoms with Gasteiger partial charge in [-0.3, -0.25) is 0 Å². The molecule has 1 heteroatoms. The number of unbranched alkanes of at least 4 members (excludes halogenated alkanes) is 5. The fraction of sp³-hybridized carbons (Fsp3) is 0.400. The molecule has 0 atom stereocenters. The van der Waals surface area contributed by atoms with Gasteiger partial charge in [0, 0.05) is 0 Å². The van der Waals surface area contributed by atoms with Crippen molar-refractivity contribution >= 4 is 26.9 Å². The van der Waals surface area contributed by atoms with Gasteiger partial charge in [0.2, 0.25) is 0 Å². The molecule has 0 aliphatic heterocycles. The predicted molar refractivity (Wildman–Crippen MR) is 96.1 cm³/mol. The molecule has 0 saturated heterocycles. The van der Waals surface area contributed by atoms with Crippen molar-refractivity contribution in [1.82, 2.24) is 0 Å². The van der Waals surface area contributed by atoms with Crippen LogP contribution in [0.1, 0.15) is 45.4 Å². The molecule has 111 valence electrons. The third kappa shape index (κ3) is 5.86. The summed E-state index contributed by atoms with van der Waals surface area (Å²) < 4.78 is 4.77. The first kappa shape index (κ1) is 16.6. The van der Waals surface area contributed by atoms with Crippen molar-refractivity contribution in [1.29, 1.82) is 0 Å². The molecule has 2 aromatic rings. The molecule has 21 heavy (non-hydrogen) atoms. The van der Waals surface area contributed by atoms with Gasteiger partial charge in [0.1, 0.15) is 0 Å². The topological polar surface area (TPSA) is 0 Å². The van der Waals surface area contributed by atoms with E-state index in [1.807, 2.05) is 0 Å². The van der Waals surface area contributed by atoms with Crippen LogP contribution in [0.4, 0.5) is 0 Å². The summed E-state index contributed by atoms with van der Waals surface area (Å²) in [5.74, 6) is 0. The van der Waals surface area contributed by atoms with Crippen LogP contribution in [-0.4, -0.2) is 19.8 Å². The van der Waals surface area contributed by atoms with E-state index in [0.717, 1.165) is 0 Å². The van der Waals surface area contributed by atoms with Crippen LogP contribution in [0.3, 0.4) is 0 Å². The minimum absolute atomic E-state index is 1.34. The van der Waals surface area contributed by atoms with Gasteiger partial charge in [-0.25, -0.2) is 0 Å². The molecule has 0 aromatic heterocycles. The van der Waals surface area contributed by atoms with Crippen LogP contribution in [-0.2, 0) is 0 Å². The first-order chi connectivity index (χ1) is 10.4. The number of benzene rings is 2. The minimum atomic E-state index is -1.66. The molecule has 0 amide bonds. The Hall–Kier alpha value is -0.761. The van der Waals surface area contributed by atoms with E-state index in [-0.39, 0.29) is 0 Å². The van der Waals surface area contributed by atoms with E-state index in [2.05, 4.69) is 67.6 Å². The van der Waals surface area contributed by atoms with Gasteiger partial charge in [0.15, 0.2) is 0 Å². The fourth-order valence-corrected chi connectivity index (χ4v) is 10.5. The molecular formula is C20H27Sn. The van der Waals surface area contributed by atoms with Crippen LogP contribution in [0, 0.1) is 0 Å². The van der Waals surface area contributed by atoms with Crippen LogP contribution in [0.2, 0.25) is 4.44 Å². The maximum absolute atomic E-state index is 2.36. The third-order valence-electron chi connectivity index (χ3n) is 4.02.